The number of amides is 1. The molecule has 0 radical (unpaired) electrons. The Morgan fingerprint density at radius 2 is 1.95 bits per heavy atom. The molecule has 2 aromatic carbocycles. The molecule has 0 aliphatic carbocycles. The van der Waals surface area contributed by atoms with Crippen molar-refractivity contribution in [3.63, 3.8) is 0 Å². The van der Waals surface area contributed by atoms with E-state index in [9.17, 15) is 13.6 Å². The van der Waals surface area contributed by atoms with Crippen LogP contribution in [0.3, 0.4) is 0 Å². The van der Waals surface area contributed by atoms with E-state index < -0.39 is 17.5 Å². The van der Waals surface area contributed by atoms with Crippen molar-refractivity contribution >= 4 is 27.5 Å². The van der Waals surface area contributed by atoms with Gasteiger partial charge < -0.3 is 5.32 Å². The van der Waals surface area contributed by atoms with Gasteiger partial charge >= 0.3 is 0 Å². The summed E-state index contributed by atoms with van der Waals surface area (Å²) in [6.07, 6.45) is 0. The van der Waals surface area contributed by atoms with E-state index >= 15 is 0 Å². The van der Waals surface area contributed by atoms with E-state index in [0.717, 1.165) is 23.8 Å². The van der Waals surface area contributed by atoms with Crippen LogP contribution in [0.25, 0.3) is 0 Å². The Morgan fingerprint density at radius 3 is 2.68 bits per heavy atom. The molecule has 1 amide bonds. The van der Waals surface area contributed by atoms with Crippen molar-refractivity contribution in [1.29, 1.82) is 0 Å². The fraction of sp³-hybridized carbons (Fsp3) is 0.0714. The molecule has 0 atom stereocenters. The van der Waals surface area contributed by atoms with Gasteiger partial charge in [-0.05, 0) is 35.9 Å². The minimum absolute atomic E-state index is 0.316. The third-order valence-electron chi connectivity index (χ3n) is 2.51. The number of hydrogen-bond donors (Lipinski definition) is 1. The third-order valence-corrected chi connectivity index (χ3v) is 3.16. The van der Waals surface area contributed by atoms with Gasteiger partial charge in [-0.2, -0.15) is 0 Å². The summed E-state index contributed by atoms with van der Waals surface area (Å²) in [4.78, 5) is 11.9. The Morgan fingerprint density at radius 1 is 1.16 bits per heavy atom. The van der Waals surface area contributed by atoms with Crippen molar-refractivity contribution in [3.8, 4) is 0 Å². The lowest BCUT2D eigenvalue weighted by Crippen LogP contribution is -2.14. The van der Waals surface area contributed by atoms with Crippen LogP contribution in [0.4, 0.5) is 14.5 Å². The molecule has 0 bridgehead atoms. The van der Waals surface area contributed by atoms with Crippen molar-refractivity contribution in [3.05, 3.63) is 65.2 Å². The fourth-order valence-corrected chi connectivity index (χ4v) is 1.95. The molecule has 98 valence electrons. The van der Waals surface area contributed by atoms with E-state index in [4.69, 9.17) is 0 Å². The molecule has 0 unspecified atom stereocenters. The maximum Gasteiger partial charge on any atom is 0.258 e. The second kappa shape index (κ2) is 5.93. The van der Waals surface area contributed by atoms with Gasteiger partial charge in [-0.25, -0.2) is 8.78 Å². The second-order valence-corrected chi connectivity index (χ2v) is 4.47. The van der Waals surface area contributed by atoms with Crippen LogP contribution in [-0.4, -0.2) is 5.91 Å². The molecule has 0 aliphatic rings. The van der Waals surface area contributed by atoms with Crippen LogP contribution in [0, 0.1) is 11.6 Å². The summed E-state index contributed by atoms with van der Waals surface area (Å²) in [5, 5.41) is 3.18. The van der Waals surface area contributed by atoms with Crippen LogP contribution in [0.1, 0.15) is 15.9 Å². The Labute approximate surface area is 117 Å². The van der Waals surface area contributed by atoms with Crippen LogP contribution in [0.15, 0.2) is 42.5 Å². The minimum atomic E-state index is -0.754. The largest absolute Gasteiger partial charge is 0.322 e. The van der Waals surface area contributed by atoms with Crippen molar-refractivity contribution in [2.24, 2.45) is 0 Å². The number of nitrogens with one attached hydrogen (secondary N) is 1. The van der Waals surface area contributed by atoms with Crippen LogP contribution in [0.5, 0.6) is 0 Å². The van der Waals surface area contributed by atoms with Crippen molar-refractivity contribution in [2.75, 3.05) is 5.32 Å². The molecular formula is C14H10BrF2NO. The summed E-state index contributed by atoms with van der Waals surface area (Å²) in [5.74, 6) is -2.08. The van der Waals surface area contributed by atoms with Crippen LogP contribution in [-0.2, 0) is 5.33 Å². The van der Waals surface area contributed by atoms with E-state index in [-0.39, 0.29) is 5.56 Å². The summed E-state index contributed by atoms with van der Waals surface area (Å²) in [5.41, 5.74) is 1.19. The highest BCUT2D eigenvalue weighted by Gasteiger charge is 2.13. The highest BCUT2D eigenvalue weighted by atomic mass is 79.9. The van der Waals surface area contributed by atoms with E-state index in [1.807, 2.05) is 6.07 Å². The lowest BCUT2D eigenvalue weighted by Gasteiger charge is -2.07. The Hall–Kier alpha value is -1.75. The van der Waals surface area contributed by atoms with Gasteiger partial charge in [0.2, 0.25) is 0 Å². The first-order valence-corrected chi connectivity index (χ1v) is 6.63. The lowest BCUT2D eigenvalue weighted by molar-refractivity contribution is 0.102. The molecule has 5 heteroatoms. The monoisotopic (exact) mass is 325 g/mol. The number of hydrogen-bond acceptors (Lipinski definition) is 1. The predicted octanol–water partition coefficient (Wildman–Crippen LogP) is 4.11. The molecule has 0 fully saturated rings. The van der Waals surface area contributed by atoms with Gasteiger partial charge in [0.15, 0.2) is 0 Å². The molecule has 0 saturated heterocycles. The smallest absolute Gasteiger partial charge is 0.258 e. The molecular weight excluding hydrogens is 316 g/mol. The van der Waals surface area contributed by atoms with Crippen molar-refractivity contribution in [2.45, 2.75) is 5.33 Å². The Bertz CT molecular complexity index is 616. The van der Waals surface area contributed by atoms with Crippen LogP contribution < -0.4 is 5.32 Å². The molecule has 0 heterocycles. The van der Waals surface area contributed by atoms with Gasteiger partial charge in [0.1, 0.15) is 11.6 Å². The molecule has 1 N–H and O–H groups in total. The van der Waals surface area contributed by atoms with E-state index in [1.165, 1.54) is 0 Å². The SMILES string of the molecule is O=C(Nc1cccc(CBr)c1)c1cc(F)ccc1F. The maximum atomic E-state index is 13.4. The molecule has 19 heavy (non-hydrogen) atoms. The quantitative estimate of drug-likeness (QED) is 0.845. The molecule has 2 aromatic rings. The fourth-order valence-electron chi connectivity index (χ4n) is 1.60. The summed E-state index contributed by atoms with van der Waals surface area (Å²) in [6.45, 7) is 0. The van der Waals surface area contributed by atoms with E-state index in [2.05, 4.69) is 21.2 Å². The van der Waals surface area contributed by atoms with Gasteiger partial charge in [-0.15, -0.1) is 0 Å². The number of alkyl halides is 1. The zero-order chi connectivity index (χ0) is 13.8. The first-order chi connectivity index (χ1) is 9.10. The number of rotatable bonds is 3. The predicted molar refractivity (Wildman–Crippen MR) is 73.4 cm³/mol. The van der Waals surface area contributed by atoms with E-state index in [0.29, 0.717) is 11.0 Å². The second-order valence-electron chi connectivity index (χ2n) is 3.91. The molecule has 2 rings (SSSR count). The molecule has 2 nitrogen and oxygen atoms in total. The topological polar surface area (TPSA) is 29.1 Å². The zero-order valence-corrected chi connectivity index (χ0v) is 11.4. The van der Waals surface area contributed by atoms with Crippen molar-refractivity contribution in [1.82, 2.24) is 0 Å². The maximum absolute atomic E-state index is 13.4. The number of carbonyl (C=O) groups excluding carboxylic acids is 1. The summed E-state index contributed by atoms with van der Waals surface area (Å²) in [7, 11) is 0. The Balaban J connectivity index is 2.23. The van der Waals surface area contributed by atoms with E-state index in [1.54, 1.807) is 18.2 Å². The highest BCUT2D eigenvalue weighted by molar-refractivity contribution is 9.08. The standard InChI is InChI=1S/C14H10BrF2NO/c15-8-9-2-1-3-11(6-9)18-14(19)12-7-10(16)4-5-13(12)17/h1-7H,8H2,(H,18,19). The average molecular weight is 326 g/mol. The first kappa shape index (κ1) is 13.7. The van der Waals surface area contributed by atoms with Gasteiger partial charge in [-0.1, -0.05) is 28.1 Å². The highest BCUT2D eigenvalue weighted by Crippen LogP contribution is 2.16. The van der Waals surface area contributed by atoms with Crippen molar-refractivity contribution < 1.29 is 13.6 Å². The number of anilines is 1. The summed E-state index contributed by atoms with van der Waals surface area (Å²) in [6, 6.07) is 9.86. The average Bonchev–Trinajstić information content (AvgIpc) is 2.41. The third kappa shape index (κ3) is 3.38. The number of benzene rings is 2. The summed E-state index contributed by atoms with van der Waals surface area (Å²) >= 11 is 3.30. The minimum Gasteiger partial charge on any atom is -0.322 e. The lowest BCUT2D eigenvalue weighted by atomic mass is 10.1. The van der Waals surface area contributed by atoms with Gasteiger partial charge in [0.05, 0.1) is 5.56 Å². The number of halogens is 3. The number of carbonyl (C=O) groups is 1. The normalized spacial score (nSPS) is 10.3. The Kier molecular flexibility index (Phi) is 4.27. The molecule has 0 aliphatic heterocycles. The first-order valence-electron chi connectivity index (χ1n) is 5.51. The van der Waals surface area contributed by atoms with Gasteiger partial charge in [-0.3, -0.25) is 4.79 Å². The van der Waals surface area contributed by atoms with Gasteiger partial charge in [0.25, 0.3) is 5.91 Å². The summed E-state index contributed by atoms with van der Waals surface area (Å²) < 4.78 is 26.4. The molecule has 0 saturated carbocycles. The zero-order valence-electron chi connectivity index (χ0n) is 9.79. The molecule has 0 aromatic heterocycles. The van der Waals surface area contributed by atoms with Crippen LogP contribution in [0.2, 0.25) is 0 Å². The molecule has 0 spiro atoms. The van der Waals surface area contributed by atoms with Crippen LogP contribution >= 0.6 is 15.9 Å². The van der Waals surface area contributed by atoms with Gasteiger partial charge in [0, 0.05) is 11.0 Å².